The van der Waals surface area contributed by atoms with E-state index in [1.807, 2.05) is 13.0 Å². The lowest BCUT2D eigenvalue weighted by Crippen LogP contribution is -1.97. The number of benzene rings is 1. The van der Waals surface area contributed by atoms with Gasteiger partial charge in [-0.05, 0) is 18.6 Å². The first kappa shape index (κ1) is 8.26. The zero-order valence-corrected chi connectivity index (χ0v) is 7.23. The van der Waals surface area contributed by atoms with E-state index in [4.69, 9.17) is 4.74 Å². The number of ether oxygens (including phenoxy) is 1. The van der Waals surface area contributed by atoms with Crippen LogP contribution in [0.5, 0.6) is 5.75 Å². The molecule has 0 bridgehead atoms. The Balaban J connectivity index is 2.58. The van der Waals surface area contributed by atoms with Gasteiger partial charge in [0.2, 0.25) is 0 Å². The molecular weight excluding hydrogens is 168 g/mol. The molecule has 1 N–H and O–H groups in total. The van der Waals surface area contributed by atoms with Crippen molar-refractivity contribution in [1.82, 2.24) is 0 Å². The van der Waals surface area contributed by atoms with Crippen molar-refractivity contribution in [1.29, 1.82) is 0 Å². The number of phenols is 1. The van der Waals surface area contributed by atoms with E-state index in [1.165, 1.54) is 0 Å². The summed E-state index contributed by atoms with van der Waals surface area (Å²) < 4.78 is 5.33. The molecule has 1 aliphatic heterocycles. The number of aromatic hydroxyl groups is 1. The van der Waals surface area contributed by atoms with E-state index in [0.29, 0.717) is 11.8 Å². The summed E-state index contributed by atoms with van der Waals surface area (Å²) in [5.41, 5.74) is 1.52. The van der Waals surface area contributed by atoms with Gasteiger partial charge in [0.25, 0.3) is 0 Å². The summed E-state index contributed by atoms with van der Waals surface area (Å²) in [7, 11) is 0. The average molecular weight is 178 g/mol. The molecule has 3 heteroatoms. The van der Waals surface area contributed by atoms with Gasteiger partial charge in [-0.25, -0.2) is 0 Å². The van der Waals surface area contributed by atoms with Crippen LogP contribution in [0.3, 0.4) is 0 Å². The molecule has 0 radical (unpaired) electrons. The highest BCUT2D eigenvalue weighted by molar-refractivity contribution is 5.65. The van der Waals surface area contributed by atoms with Crippen LogP contribution in [-0.4, -0.2) is 11.4 Å². The molecule has 68 valence electrons. The minimum Gasteiger partial charge on any atom is -0.508 e. The van der Waals surface area contributed by atoms with Gasteiger partial charge in [0.05, 0.1) is 6.10 Å². The number of rotatable bonds is 1. The van der Waals surface area contributed by atoms with Crippen LogP contribution in [-0.2, 0) is 9.53 Å². The van der Waals surface area contributed by atoms with Crippen molar-refractivity contribution in [2.75, 3.05) is 0 Å². The molecule has 0 amide bonds. The second-order valence-corrected chi connectivity index (χ2v) is 3.12. The molecule has 13 heavy (non-hydrogen) atoms. The standard InChI is InChI=1S/C10H10O3/c1-6-7-3-2-4-8(12)10(7)9(5-11)13-6/h2-6,9,12H,1H3. The van der Waals surface area contributed by atoms with Gasteiger partial charge in [-0.1, -0.05) is 12.1 Å². The maximum Gasteiger partial charge on any atom is 0.153 e. The van der Waals surface area contributed by atoms with Gasteiger partial charge in [-0.15, -0.1) is 0 Å². The molecule has 0 spiro atoms. The fourth-order valence-corrected chi connectivity index (χ4v) is 1.70. The molecule has 1 aromatic carbocycles. The molecule has 1 aliphatic rings. The number of phenolic OH excluding ortho intramolecular Hbond substituents is 1. The Bertz CT molecular complexity index is 346. The van der Waals surface area contributed by atoms with Crippen molar-refractivity contribution in [3.63, 3.8) is 0 Å². The predicted octanol–water partition coefficient (Wildman–Crippen LogP) is 1.72. The van der Waals surface area contributed by atoms with Crippen molar-refractivity contribution < 1.29 is 14.6 Å². The van der Waals surface area contributed by atoms with E-state index in [0.717, 1.165) is 5.56 Å². The second kappa shape index (κ2) is 2.85. The zero-order valence-electron chi connectivity index (χ0n) is 7.23. The fraction of sp³-hybridized carbons (Fsp3) is 0.300. The van der Waals surface area contributed by atoms with Crippen LogP contribution in [0.25, 0.3) is 0 Å². The first-order valence-corrected chi connectivity index (χ1v) is 4.16. The molecule has 1 aromatic rings. The Morgan fingerprint density at radius 1 is 1.54 bits per heavy atom. The Hall–Kier alpha value is -1.35. The van der Waals surface area contributed by atoms with Crippen molar-refractivity contribution in [3.8, 4) is 5.75 Å². The molecule has 0 fully saturated rings. The van der Waals surface area contributed by atoms with Gasteiger partial charge in [0.15, 0.2) is 6.29 Å². The Morgan fingerprint density at radius 3 is 3.00 bits per heavy atom. The van der Waals surface area contributed by atoms with Crippen LogP contribution in [0.15, 0.2) is 18.2 Å². The third kappa shape index (κ3) is 1.12. The molecule has 0 saturated heterocycles. The summed E-state index contributed by atoms with van der Waals surface area (Å²) in [5, 5.41) is 9.51. The van der Waals surface area contributed by atoms with E-state index in [1.54, 1.807) is 12.1 Å². The Morgan fingerprint density at radius 2 is 2.31 bits per heavy atom. The Labute approximate surface area is 76.0 Å². The maximum absolute atomic E-state index is 10.6. The monoisotopic (exact) mass is 178 g/mol. The van der Waals surface area contributed by atoms with Crippen molar-refractivity contribution in [2.24, 2.45) is 0 Å². The topological polar surface area (TPSA) is 46.5 Å². The van der Waals surface area contributed by atoms with Crippen molar-refractivity contribution >= 4 is 6.29 Å². The Kier molecular flexibility index (Phi) is 1.81. The lowest BCUT2D eigenvalue weighted by molar-refractivity contribution is -0.119. The molecular formula is C10H10O3. The molecule has 0 saturated carbocycles. The summed E-state index contributed by atoms with van der Waals surface area (Å²) in [6, 6.07) is 5.18. The molecule has 1 heterocycles. The number of aldehydes is 1. The molecule has 2 atom stereocenters. The highest BCUT2D eigenvalue weighted by Crippen LogP contribution is 2.41. The predicted molar refractivity (Wildman–Crippen MR) is 46.4 cm³/mol. The number of carbonyl (C=O) groups is 1. The SMILES string of the molecule is CC1OC(C=O)c2c(O)cccc21. The van der Waals surface area contributed by atoms with Crippen LogP contribution in [0, 0.1) is 0 Å². The van der Waals surface area contributed by atoms with Crippen LogP contribution in [0.1, 0.15) is 30.3 Å². The second-order valence-electron chi connectivity index (χ2n) is 3.12. The average Bonchev–Trinajstić information content (AvgIpc) is 2.45. The quantitative estimate of drug-likeness (QED) is 0.666. The molecule has 2 rings (SSSR count). The van der Waals surface area contributed by atoms with E-state index in [9.17, 15) is 9.90 Å². The highest BCUT2D eigenvalue weighted by Gasteiger charge is 2.30. The third-order valence-electron chi connectivity index (χ3n) is 2.31. The largest absolute Gasteiger partial charge is 0.508 e. The van der Waals surface area contributed by atoms with Gasteiger partial charge < -0.3 is 14.6 Å². The zero-order chi connectivity index (χ0) is 9.42. The number of hydrogen-bond donors (Lipinski definition) is 1. The summed E-state index contributed by atoms with van der Waals surface area (Å²) >= 11 is 0. The van der Waals surface area contributed by atoms with Gasteiger partial charge in [-0.2, -0.15) is 0 Å². The molecule has 2 unspecified atom stereocenters. The van der Waals surface area contributed by atoms with Gasteiger partial charge in [0, 0.05) is 5.56 Å². The number of carbonyl (C=O) groups excluding carboxylic acids is 1. The van der Waals surface area contributed by atoms with E-state index in [-0.39, 0.29) is 11.9 Å². The van der Waals surface area contributed by atoms with E-state index in [2.05, 4.69) is 0 Å². The fourth-order valence-electron chi connectivity index (χ4n) is 1.70. The van der Waals surface area contributed by atoms with Gasteiger partial charge in [0.1, 0.15) is 11.9 Å². The maximum atomic E-state index is 10.6. The number of fused-ring (bicyclic) bond motifs is 1. The van der Waals surface area contributed by atoms with Crippen LogP contribution in [0.2, 0.25) is 0 Å². The summed E-state index contributed by atoms with van der Waals surface area (Å²) in [6.45, 7) is 1.86. The normalized spacial score (nSPS) is 25.6. The summed E-state index contributed by atoms with van der Waals surface area (Å²) in [5.74, 6) is 0.138. The molecule has 3 nitrogen and oxygen atoms in total. The highest BCUT2D eigenvalue weighted by atomic mass is 16.5. The number of hydrogen-bond acceptors (Lipinski definition) is 3. The van der Waals surface area contributed by atoms with Gasteiger partial charge >= 0.3 is 0 Å². The van der Waals surface area contributed by atoms with Crippen molar-refractivity contribution in [2.45, 2.75) is 19.1 Å². The van der Waals surface area contributed by atoms with E-state index >= 15 is 0 Å². The van der Waals surface area contributed by atoms with Crippen LogP contribution >= 0.6 is 0 Å². The molecule has 0 aliphatic carbocycles. The van der Waals surface area contributed by atoms with Crippen molar-refractivity contribution in [3.05, 3.63) is 29.3 Å². The summed E-state index contributed by atoms with van der Waals surface area (Å²) in [4.78, 5) is 10.6. The third-order valence-corrected chi connectivity index (χ3v) is 2.31. The first-order valence-electron chi connectivity index (χ1n) is 4.16. The molecule has 0 aromatic heterocycles. The smallest absolute Gasteiger partial charge is 0.153 e. The van der Waals surface area contributed by atoms with Gasteiger partial charge in [-0.3, -0.25) is 0 Å². The lowest BCUT2D eigenvalue weighted by atomic mass is 10.0. The van der Waals surface area contributed by atoms with Crippen LogP contribution < -0.4 is 0 Å². The van der Waals surface area contributed by atoms with Crippen LogP contribution in [0.4, 0.5) is 0 Å². The minimum atomic E-state index is -0.605. The first-order chi connectivity index (χ1) is 6.24. The summed E-state index contributed by atoms with van der Waals surface area (Å²) in [6.07, 6.45) is -0.00861. The van der Waals surface area contributed by atoms with E-state index < -0.39 is 6.10 Å². The lowest BCUT2D eigenvalue weighted by Gasteiger charge is -2.03. The minimum absolute atomic E-state index is 0.114.